The molecule has 2 atom stereocenters. The number of thiophene rings is 1. The van der Waals surface area contributed by atoms with E-state index >= 15 is 0 Å². The molecule has 0 aliphatic carbocycles. The van der Waals surface area contributed by atoms with Gasteiger partial charge in [0.25, 0.3) is 5.91 Å². The number of nitrogens with zero attached hydrogens (tertiary/aromatic N) is 2. The number of carbonyl (C=O) groups excluding carboxylic acids is 2. The number of benzene rings is 1. The standard InChI is InChI=1S/C18H14N2O2S2/c19-10-14(18-20-17(22)11-24-18)13(12-5-2-1-3-6-12)9-15(21)16-7-4-8-23-16/h1-8,13-14H,9,11H2/t13-,14+/m1/s1. The average molecular weight is 354 g/mol. The van der Waals surface area contributed by atoms with Gasteiger partial charge in [0, 0.05) is 12.3 Å². The van der Waals surface area contributed by atoms with Gasteiger partial charge in [-0.25, -0.2) is 4.99 Å². The van der Waals surface area contributed by atoms with Gasteiger partial charge < -0.3 is 0 Å². The first-order valence-electron chi connectivity index (χ1n) is 7.44. The maximum absolute atomic E-state index is 12.6. The van der Waals surface area contributed by atoms with Crippen molar-refractivity contribution in [2.45, 2.75) is 12.3 Å². The van der Waals surface area contributed by atoms with E-state index in [9.17, 15) is 14.9 Å². The van der Waals surface area contributed by atoms with Gasteiger partial charge in [-0.2, -0.15) is 5.26 Å². The van der Waals surface area contributed by atoms with Crippen molar-refractivity contribution in [2.75, 3.05) is 5.75 Å². The summed E-state index contributed by atoms with van der Waals surface area (Å²) >= 11 is 2.70. The Hall–Kier alpha value is -2.23. The lowest BCUT2D eigenvalue weighted by molar-refractivity contribution is -0.115. The molecule has 24 heavy (non-hydrogen) atoms. The van der Waals surface area contributed by atoms with Gasteiger partial charge in [-0.15, -0.1) is 11.3 Å². The lowest BCUT2D eigenvalue weighted by Crippen LogP contribution is -2.21. The molecule has 6 heteroatoms. The minimum absolute atomic E-state index is 0.00836. The number of nitriles is 1. The summed E-state index contributed by atoms with van der Waals surface area (Å²) in [4.78, 5) is 28.7. The molecule has 0 fully saturated rings. The highest BCUT2D eigenvalue weighted by Gasteiger charge is 2.33. The van der Waals surface area contributed by atoms with E-state index in [-0.39, 0.29) is 29.8 Å². The molecule has 2 heterocycles. The quantitative estimate of drug-likeness (QED) is 0.737. The molecule has 4 nitrogen and oxygen atoms in total. The SMILES string of the molecule is N#C[C@H](C1=NC(=O)CS1)[C@H](CC(=O)c1cccs1)c1ccccc1. The van der Waals surface area contributed by atoms with Gasteiger partial charge in [-0.1, -0.05) is 48.2 Å². The molecule has 1 aliphatic heterocycles. The summed E-state index contributed by atoms with van der Waals surface area (Å²) < 4.78 is 0. The average Bonchev–Trinajstić information content (AvgIpc) is 3.27. The van der Waals surface area contributed by atoms with Crippen LogP contribution in [0.25, 0.3) is 0 Å². The van der Waals surface area contributed by atoms with Crippen molar-refractivity contribution in [1.82, 2.24) is 0 Å². The highest BCUT2D eigenvalue weighted by Crippen LogP contribution is 2.35. The highest BCUT2D eigenvalue weighted by atomic mass is 32.2. The molecule has 120 valence electrons. The van der Waals surface area contributed by atoms with E-state index in [1.807, 2.05) is 41.8 Å². The normalized spacial score (nSPS) is 16.3. The number of amides is 1. The molecule has 1 amide bonds. The first-order valence-corrected chi connectivity index (χ1v) is 9.31. The van der Waals surface area contributed by atoms with E-state index in [1.54, 1.807) is 6.07 Å². The molecule has 1 aliphatic rings. The largest absolute Gasteiger partial charge is 0.293 e. The van der Waals surface area contributed by atoms with E-state index < -0.39 is 5.92 Å². The maximum Gasteiger partial charge on any atom is 0.256 e. The van der Waals surface area contributed by atoms with E-state index in [4.69, 9.17) is 0 Å². The summed E-state index contributed by atoms with van der Waals surface area (Å²) in [5.74, 6) is -0.843. The van der Waals surface area contributed by atoms with Crippen LogP contribution in [0.2, 0.25) is 0 Å². The van der Waals surface area contributed by atoms with Gasteiger partial charge in [0.1, 0.15) is 5.92 Å². The van der Waals surface area contributed by atoms with Crippen molar-refractivity contribution < 1.29 is 9.59 Å². The molecular weight excluding hydrogens is 340 g/mol. The van der Waals surface area contributed by atoms with Crippen LogP contribution in [-0.4, -0.2) is 22.5 Å². The van der Waals surface area contributed by atoms with Crippen LogP contribution in [0.4, 0.5) is 0 Å². The minimum atomic E-state index is -0.590. The van der Waals surface area contributed by atoms with Crippen LogP contribution in [0, 0.1) is 17.2 Å². The van der Waals surface area contributed by atoms with Gasteiger partial charge in [0.05, 0.1) is 21.7 Å². The zero-order valence-electron chi connectivity index (χ0n) is 12.7. The molecule has 0 radical (unpaired) electrons. The monoisotopic (exact) mass is 354 g/mol. The number of aliphatic imine (C=N–C) groups is 1. The van der Waals surface area contributed by atoms with Crippen LogP contribution in [-0.2, 0) is 4.79 Å². The molecule has 0 saturated carbocycles. The third kappa shape index (κ3) is 3.64. The summed E-state index contributed by atoms with van der Waals surface area (Å²) in [5, 5.41) is 12.1. The Bertz CT molecular complexity index is 807. The van der Waals surface area contributed by atoms with Crippen molar-refractivity contribution in [1.29, 1.82) is 5.26 Å². The highest BCUT2D eigenvalue weighted by molar-refractivity contribution is 8.15. The number of hydrogen-bond donors (Lipinski definition) is 0. The Morgan fingerprint density at radius 2 is 2.04 bits per heavy atom. The smallest absolute Gasteiger partial charge is 0.256 e. The Kier molecular flexibility index (Phi) is 5.24. The third-order valence-electron chi connectivity index (χ3n) is 3.81. The van der Waals surface area contributed by atoms with Crippen molar-refractivity contribution in [3.05, 3.63) is 58.3 Å². The second-order valence-corrected chi connectivity index (χ2v) is 7.30. The molecular formula is C18H14N2O2S2. The second-order valence-electron chi connectivity index (χ2n) is 5.36. The zero-order chi connectivity index (χ0) is 16.9. The summed E-state index contributed by atoms with van der Waals surface area (Å²) in [6.07, 6.45) is 0.219. The number of rotatable bonds is 6. The molecule has 1 aromatic carbocycles. The van der Waals surface area contributed by atoms with Crippen molar-refractivity contribution in [3.63, 3.8) is 0 Å². The molecule has 0 unspecified atom stereocenters. The predicted molar refractivity (Wildman–Crippen MR) is 96.5 cm³/mol. The number of thioether (sulfide) groups is 1. The lowest BCUT2D eigenvalue weighted by atomic mass is 9.83. The van der Waals surface area contributed by atoms with Gasteiger partial charge in [-0.05, 0) is 17.0 Å². The van der Waals surface area contributed by atoms with Crippen molar-refractivity contribution in [3.8, 4) is 6.07 Å². The van der Waals surface area contributed by atoms with Crippen LogP contribution in [0.3, 0.4) is 0 Å². The Balaban J connectivity index is 1.93. The maximum atomic E-state index is 12.6. The zero-order valence-corrected chi connectivity index (χ0v) is 14.3. The first-order chi connectivity index (χ1) is 11.7. The van der Waals surface area contributed by atoms with Gasteiger partial charge in [0.15, 0.2) is 5.78 Å². The molecule has 0 bridgehead atoms. The number of ketones is 1. The van der Waals surface area contributed by atoms with E-state index in [0.717, 1.165) is 5.56 Å². The fourth-order valence-corrected chi connectivity index (χ4v) is 4.24. The van der Waals surface area contributed by atoms with E-state index in [2.05, 4.69) is 11.1 Å². The molecule has 0 spiro atoms. The van der Waals surface area contributed by atoms with Crippen LogP contribution in [0.1, 0.15) is 27.6 Å². The fraction of sp³-hybridized carbons (Fsp3) is 0.222. The second kappa shape index (κ2) is 7.56. The first kappa shape index (κ1) is 16.6. The summed E-state index contributed by atoms with van der Waals surface area (Å²) in [7, 11) is 0. The van der Waals surface area contributed by atoms with Crippen LogP contribution in [0.5, 0.6) is 0 Å². The van der Waals surface area contributed by atoms with Crippen LogP contribution in [0.15, 0.2) is 52.8 Å². The molecule has 2 aromatic rings. The van der Waals surface area contributed by atoms with Crippen LogP contribution >= 0.6 is 23.1 Å². The number of carbonyl (C=O) groups is 2. The Labute approximate surface area is 148 Å². The third-order valence-corrected chi connectivity index (χ3v) is 5.76. The van der Waals surface area contributed by atoms with Gasteiger partial charge in [-0.3, -0.25) is 9.59 Å². The van der Waals surface area contributed by atoms with E-state index in [1.165, 1.54) is 23.1 Å². The fourth-order valence-electron chi connectivity index (χ4n) is 2.67. The molecule has 1 aromatic heterocycles. The van der Waals surface area contributed by atoms with E-state index in [0.29, 0.717) is 9.92 Å². The topological polar surface area (TPSA) is 70.3 Å². The number of hydrogen-bond acceptors (Lipinski definition) is 5. The summed E-state index contributed by atoms with van der Waals surface area (Å²) in [5.41, 5.74) is 0.914. The van der Waals surface area contributed by atoms with Crippen LogP contribution < -0.4 is 0 Å². The lowest BCUT2D eigenvalue weighted by Gasteiger charge is -2.21. The summed E-state index contributed by atoms with van der Waals surface area (Å²) in [6, 6.07) is 15.4. The van der Waals surface area contributed by atoms with Gasteiger partial charge >= 0.3 is 0 Å². The Morgan fingerprint density at radius 3 is 2.62 bits per heavy atom. The minimum Gasteiger partial charge on any atom is -0.293 e. The van der Waals surface area contributed by atoms with Gasteiger partial charge in [0.2, 0.25) is 0 Å². The van der Waals surface area contributed by atoms with Crippen molar-refractivity contribution >= 4 is 39.8 Å². The summed E-state index contributed by atoms with van der Waals surface area (Å²) in [6.45, 7) is 0. The predicted octanol–water partition coefficient (Wildman–Crippen LogP) is 3.92. The van der Waals surface area contributed by atoms with Crippen molar-refractivity contribution in [2.24, 2.45) is 10.9 Å². The molecule has 0 saturated heterocycles. The number of Topliss-reactive ketones (excluding diaryl/α,β-unsaturated/α-hetero) is 1. The Morgan fingerprint density at radius 1 is 1.25 bits per heavy atom. The molecule has 3 rings (SSSR count). The molecule has 0 N–H and O–H groups in total.